The topological polar surface area (TPSA) is 359 Å². The van der Waals surface area contributed by atoms with Crippen LogP contribution < -0.4 is 43.4 Å². The smallest absolute Gasteiger partial charge is 0.326 e. The molecule has 1 aliphatic heterocycles. The fourth-order valence-corrected chi connectivity index (χ4v) is 7.11. The normalized spacial score (nSPS) is 16.8. The number of carbonyl (C=O) groups excluding carboxylic acids is 8. The Morgan fingerprint density at radius 3 is 1.77 bits per heavy atom. The molecule has 1 saturated heterocycles. The van der Waals surface area contributed by atoms with Crippen molar-refractivity contribution in [2.45, 2.75) is 141 Å². The molecule has 1 aromatic rings. The summed E-state index contributed by atoms with van der Waals surface area (Å²) < 4.78 is 0. The Labute approximate surface area is 378 Å². The number of aliphatic carboxylic acids is 2. The van der Waals surface area contributed by atoms with Crippen molar-refractivity contribution >= 4 is 59.2 Å². The molecule has 1 fully saturated rings. The van der Waals surface area contributed by atoms with Crippen LogP contribution in [0.15, 0.2) is 30.3 Å². The molecule has 1 heterocycles. The number of amides is 8. The number of aliphatic hydroxyl groups is 1. The fraction of sp³-hybridized carbons (Fsp3) is 0.628. The molecule has 0 aliphatic carbocycles. The Hall–Kier alpha value is -6.16. The lowest BCUT2D eigenvalue weighted by molar-refractivity contribution is -0.144. The van der Waals surface area contributed by atoms with Gasteiger partial charge in [-0.05, 0) is 55.4 Å². The fourth-order valence-electron chi connectivity index (χ4n) is 7.11. The number of carboxylic acids is 2. The number of hydrogen-bond donors (Lipinski definition) is 11. The predicted octanol–water partition coefficient (Wildman–Crippen LogP) is -1.98. The van der Waals surface area contributed by atoms with E-state index < -0.39 is 126 Å². The van der Waals surface area contributed by atoms with Gasteiger partial charge in [-0.25, -0.2) is 4.79 Å². The molecule has 0 radical (unpaired) electrons. The van der Waals surface area contributed by atoms with Crippen molar-refractivity contribution in [3.8, 4) is 0 Å². The number of nitrogens with one attached hydrogen (secondary N) is 6. The van der Waals surface area contributed by atoms with Gasteiger partial charge in [0, 0.05) is 19.4 Å². The average Bonchev–Trinajstić information content (AvgIpc) is 3.72. The molecule has 22 nitrogen and oxygen atoms in total. The summed E-state index contributed by atoms with van der Waals surface area (Å²) >= 11 is 0. The van der Waals surface area contributed by atoms with Crippen molar-refractivity contribution in [1.29, 1.82) is 0 Å². The molecule has 0 bridgehead atoms. The molecule has 13 N–H and O–H groups in total. The molecule has 0 saturated carbocycles. The molecule has 0 aromatic heterocycles. The van der Waals surface area contributed by atoms with Gasteiger partial charge in [0.2, 0.25) is 47.3 Å². The molecule has 8 atom stereocenters. The lowest BCUT2D eigenvalue weighted by atomic mass is 10.00. The number of carboxylic acid groups (broad SMARTS) is 2. The zero-order valence-corrected chi connectivity index (χ0v) is 37.8. The maximum Gasteiger partial charge on any atom is 0.326 e. The van der Waals surface area contributed by atoms with Crippen LogP contribution in [0.5, 0.6) is 0 Å². The van der Waals surface area contributed by atoms with Gasteiger partial charge in [0.05, 0.1) is 19.1 Å². The van der Waals surface area contributed by atoms with Crippen molar-refractivity contribution in [3.63, 3.8) is 0 Å². The SMILES string of the molecule is CC(C)C[C@H](NC(=O)[C@H](Cc1ccccc1)NC(=O)[C@H](CO)NC(=O)[C@@H]1CCCN1C(=O)[C@@H](NC(=O)[C@H](CC(=O)O)NC(=O)[C@@H](N)CC(C)C)C(C)C)C(=O)N[C@@H](CCC(N)=O)C(=O)O. The second kappa shape index (κ2) is 26.6. The zero-order valence-electron chi connectivity index (χ0n) is 37.8. The van der Waals surface area contributed by atoms with Crippen LogP contribution in [0, 0.1) is 17.8 Å². The first-order valence-electron chi connectivity index (χ1n) is 21.7. The van der Waals surface area contributed by atoms with Crippen LogP contribution in [-0.2, 0) is 54.4 Å². The molecule has 1 aliphatic rings. The summed E-state index contributed by atoms with van der Waals surface area (Å²) in [5, 5.41) is 44.2. The summed E-state index contributed by atoms with van der Waals surface area (Å²) in [6.45, 7) is 9.53. The quantitative estimate of drug-likeness (QED) is 0.0456. The first-order valence-corrected chi connectivity index (χ1v) is 21.7. The molecule has 22 heteroatoms. The van der Waals surface area contributed by atoms with Crippen molar-refractivity contribution in [2.24, 2.45) is 29.2 Å². The van der Waals surface area contributed by atoms with Crippen LogP contribution in [0.3, 0.4) is 0 Å². The highest BCUT2D eigenvalue weighted by Crippen LogP contribution is 2.21. The van der Waals surface area contributed by atoms with E-state index in [1.54, 1.807) is 58.0 Å². The third kappa shape index (κ3) is 18.5. The lowest BCUT2D eigenvalue weighted by Gasteiger charge is -2.32. The number of benzene rings is 1. The summed E-state index contributed by atoms with van der Waals surface area (Å²) in [6.07, 6.45) is -0.771. The summed E-state index contributed by atoms with van der Waals surface area (Å²) in [4.78, 5) is 131. The van der Waals surface area contributed by atoms with Gasteiger partial charge in [0.1, 0.15) is 42.3 Å². The largest absolute Gasteiger partial charge is 0.481 e. The maximum atomic E-state index is 14.0. The Balaban J connectivity index is 2.30. The highest BCUT2D eigenvalue weighted by Gasteiger charge is 2.41. The Morgan fingerprint density at radius 1 is 0.692 bits per heavy atom. The summed E-state index contributed by atoms with van der Waals surface area (Å²) in [5.41, 5.74) is 11.7. The minimum atomic E-state index is -1.65. The zero-order chi connectivity index (χ0) is 49.1. The summed E-state index contributed by atoms with van der Waals surface area (Å²) in [7, 11) is 0. The van der Waals surface area contributed by atoms with Crippen LogP contribution >= 0.6 is 0 Å². The van der Waals surface area contributed by atoms with Crippen molar-refractivity contribution in [3.05, 3.63) is 35.9 Å². The average molecular weight is 918 g/mol. The van der Waals surface area contributed by atoms with Crippen molar-refractivity contribution in [1.82, 2.24) is 36.8 Å². The Kier molecular flexibility index (Phi) is 22.5. The van der Waals surface area contributed by atoms with Gasteiger partial charge in [-0.3, -0.25) is 43.2 Å². The van der Waals surface area contributed by atoms with Crippen molar-refractivity contribution < 1.29 is 63.3 Å². The van der Waals surface area contributed by atoms with Crippen LogP contribution in [0.2, 0.25) is 0 Å². The first kappa shape index (κ1) is 55.0. The van der Waals surface area contributed by atoms with E-state index in [1.807, 2.05) is 13.8 Å². The van der Waals surface area contributed by atoms with Gasteiger partial charge in [-0.2, -0.15) is 0 Å². The highest BCUT2D eigenvalue weighted by atomic mass is 16.4. The van der Waals surface area contributed by atoms with Gasteiger partial charge >= 0.3 is 11.9 Å². The molecule has 65 heavy (non-hydrogen) atoms. The summed E-state index contributed by atoms with van der Waals surface area (Å²) in [6, 6.07) is -2.43. The number of rotatable bonds is 27. The van der Waals surface area contributed by atoms with Crippen molar-refractivity contribution in [2.75, 3.05) is 13.2 Å². The van der Waals surface area contributed by atoms with E-state index in [-0.39, 0.29) is 56.9 Å². The molecule has 1 aromatic carbocycles. The number of likely N-dealkylation sites (tertiary alicyclic amines) is 1. The van der Waals surface area contributed by atoms with Gasteiger partial charge in [-0.15, -0.1) is 0 Å². The number of primary amides is 1. The van der Waals surface area contributed by atoms with E-state index in [2.05, 4.69) is 31.9 Å². The third-order valence-electron chi connectivity index (χ3n) is 10.5. The number of hydrogen-bond acceptors (Lipinski definition) is 12. The van der Waals surface area contributed by atoms with E-state index in [9.17, 15) is 63.3 Å². The Morgan fingerprint density at radius 2 is 1.23 bits per heavy atom. The second-order valence-corrected chi connectivity index (χ2v) is 17.4. The lowest BCUT2D eigenvalue weighted by Crippen LogP contribution is -2.61. The number of aliphatic hydroxyl groups excluding tert-OH is 1. The first-order chi connectivity index (χ1) is 30.4. The van der Waals surface area contributed by atoms with Crippen LogP contribution in [0.4, 0.5) is 0 Å². The minimum absolute atomic E-state index is 0.0293. The monoisotopic (exact) mass is 917 g/mol. The number of nitrogens with zero attached hydrogens (tertiary/aromatic N) is 1. The number of nitrogens with two attached hydrogens (primary N) is 2. The Bertz CT molecular complexity index is 1850. The van der Waals surface area contributed by atoms with Gasteiger partial charge in [0.25, 0.3) is 0 Å². The van der Waals surface area contributed by atoms with Crippen LogP contribution in [0.1, 0.15) is 92.1 Å². The molecule has 0 unspecified atom stereocenters. The maximum absolute atomic E-state index is 14.0. The molecule has 362 valence electrons. The van der Waals surface area contributed by atoms with E-state index in [4.69, 9.17) is 11.5 Å². The molecule has 8 amide bonds. The summed E-state index contributed by atoms with van der Waals surface area (Å²) in [5.74, 6) is -10.3. The van der Waals surface area contributed by atoms with E-state index in [0.717, 1.165) is 0 Å². The molecule has 2 rings (SSSR count). The van der Waals surface area contributed by atoms with Gasteiger partial charge < -0.3 is 63.6 Å². The highest BCUT2D eigenvalue weighted by molar-refractivity contribution is 5.98. The van der Waals surface area contributed by atoms with Gasteiger partial charge in [-0.1, -0.05) is 71.9 Å². The van der Waals surface area contributed by atoms with E-state index >= 15 is 0 Å². The van der Waals surface area contributed by atoms with E-state index in [1.165, 1.54) is 4.90 Å². The minimum Gasteiger partial charge on any atom is -0.481 e. The standard InChI is InChI=1S/C43H67N9O13/c1-22(2)17-26(44)36(57)47-30(20-34(55)56)39(60)51-35(24(5)6)42(63)52-16-10-13-32(52)41(62)50-31(21-53)40(61)49-29(19-25-11-8-7-9-12-25)38(59)48-28(18-23(3)4)37(58)46-27(43(64)65)14-15-33(45)54/h7-9,11-12,22-24,26-32,35,53H,10,13-21,44H2,1-6H3,(H2,45,54)(H,46,58)(H,47,57)(H,48,59)(H,49,61)(H,50,62)(H,51,60)(H,55,56)(H,64,65)/t26-,27-,28-,29-,30-,31-,32-,35-/m0/s1. The molecular formula is C43H67N9O13. The van der Waals surface area contributed by atoms with Gasteiger partial charge in [0.15, 0.2) is 0 Å². The number of carbonyl (C=O) groups is 10. The predicted molar refractivity (Wildman–Crippen MR) is 234 cm³/mol. The second-order valence-electron chi connectivity index (χ2n) is 17.4. The molecular weight excluding hydrogens is 851 g/mol. The third-order valence-corrected chi connectivity index (χ3v) is 10.5. The molecule has 0 spiro atoms. The van der Waals surface area contributed by atoms with Crippen LogP contribution in [0.25, 0.3) is 0 Å². The van der Waals surface area contributed by atoms with E-state index in [0.29, 0.717) is 12.0 Å². The van der Waals surface area contributed by atoms with Crippen LogP contribution in [-0.4, -0.2) is 141 Å².